The Balaban J connectivity index is 2.33. The van der Waals surface area contributed by atoms with Crippen LogP contribution in [-0.4, -0.2) is 37.1 Å². The Bertz CT molecular complexity index is 519. The molecule has 1 saturated heterocycles. The van der Waals surface area contributed by atoms with Crippen LogP contribution in [0.5, 0.6) is 0 Å². The number of nitrogens with zero attached hydrogens (tertiary/aromatic N) is 4. The van der Waals surface area contributed by atoms with Crippen molar-refractivity contribution in [2.24, 2.45) is 0 Å². The zero-order valence-corrected chi connectivity index (χ0v) is 12.4. The highest BCUT2D eigenvalue weighted by molar-refractivity contribution is 6.06. The Hall–Kier alpha value is -1.92. The van der Waals surface area contributed by atoms with Gasteiger partial charge in [0.05, 0.1) is 6.54 Å². The number of carbonyl (C=O) groups is 2. The summed E-state index contributed by atoms with van der Waals surface area (Å²) in [5.41, 5.74) is -0.773. The van der Waals surface area contributed by atoms with Gasteiger partial charge < -0.3 is 4.90 Å². The van der Waals surface area contributed by atoms with Crippen molar-refractivity contribution >= 4 is 11.9 Å². The molecule has 0 saturated carbocycles. The summed E-state index contributed by atoms with van der Waals surface area (Å²) in [7, 11) is 0. The first-order valence-corrected chi connectivity index (χ1v) is 6.97. The van der Waals surface area contributed by atoms with Crippen molar-refractivity contribution in [3.8, 4) is 0 Å². The number of carbonyl (C=O) groups excluding carboxylic acids is 2. The van der Waals surface area contributed by atoms with Gasteiger partial charge in [-0.05, 0) is 26.7 Å². The Labute approximate surface area is 118 Å². The molecule has 0 atom stereocenters. The van der Waals surface area contributed by atoms with E-state index in [0.29, 0.717) is 18.7 Å². The second-order valence-corrected chi connectivity index (χ2v) is 5.30. The van der Waals surface area contributed by atoms with Crippen LogP contribution in [0.2, 0.25) is 0 Å². The van der Waals surface area contributed by atoms with Crippen LogP contribution in [0, 0.1) is 0 Å². The van der Waals surface area contributed by atoms with Crippen LogP contribution >= 0.6 is 0 Å². The Morgan fingerprint density at radius 1 is 1.30 bits per heavy atom. The van der Waals surface area contributed by atoms with E-state index in [9.17, 15) is 9.59 Å². The van der Waals surface area contributed by atoms with Gasteiger partial charge in [-0.3, -0.25) is 10.1 Å². The lowest BCUT2D eigenvalue weighted by molar-refractivity contribution is -0.127. The lowest BCUT2D eigenvalue weighted by atomic mass is 9.91. The number of rotatable bonds is 5. The maximum Gasteiger partial charge on any atom is 0.325 e. The SMILES string of the molecule is CCC1(CC)C(=O)NC(=O)N1Cc1ncnn1C(C)C. The van der Waals surface area contributed by atoms with Gasteiger partial charge in [-0.15, -0.1) is 0 Å². The Morgan fingerprint density at radius 2 is 1.95 bits per heavy atom. The second kappa shape index (κ2) is 5.22. The zero-order valence-electron chi connectivity index (χ0n) is 12.4. The first-order chi connectivity index (χ1) is 9.46. The molecule has 20 heavy (non-hydrogen) atoms. The number of aromatic nitrogens is 3. The highest BCUT2D eigenvalue weighted by atomic mass is 16.2. The molecule has 7 heteroatoms. The van der Waals surface area contributed by atoms with E-state index in [2.05, 4.69) is 15.4 Å². The zero-order chi connectivity index (χ0) is 14.9. The highest BCUT2D eigenvalue weighted by Crippen LogP contribution is 2.30. The van der Waals surface area contributed by atoms with E-state index in [1.807, 2.05) is 27.7 Å². The predicted molar refractivity (Wildman–Crippen MR) is 72.8 cm³/mol. The van der Waals surface area contributed by atoms with Gasteiger partial charge in [0.2, 0.25) is 0 Å². The predicted octanol–water partition coefficient (Wildman–Crippen LogP) is 1.47. The molecule has 2 heterocycles. The quantitative estimate of drug-likeness (QED) is 0.828. The smallest absolute Gasteiger partial charge is 0.302 e. The van der Waals surface area contributed by atoms with Crippen LogP contribution in [0.3, 0.4) is 0 Å². The summed E-state index contributed by atoms with van der Waals surface area (Å²) in [6.45, 7) is 8.13. The van der Waals surface area contributed by atoms with E-state index < -0.39 is 5.54 Å². The number of urea groups is 1. The van der Waals surface area contributed by atoms with Crippen LogP contribution in [0.1, 0.15) is 52.4 Å². The average molecular weight is 279 g/mol. The fourth-order valence-electron chi connectivity index (χ4n) is 2.73. The number of hydrogen-bond acceptors (Lipinski definition) is 4. The first-order valence-electron chi connectivity index (χ1n) is 6.97. The maximum atomic E-state index is 12.1. The molecule has 3 amide bonds. The minimum absolute atomic E-state index is 0.159. The van der Waals surface area contributed by atoms with Crippen molar-refractivity contribution in [3.63, 3.8) is 0 Å². The minimum atomic E-state index is -0.773. The van der Waals surface area contributed by atoms with Gasteiger partial charge in [-0.2, -0.15) is 5.10 Å². The fourth-order valence-corrected chi connectivity index (χ4v) is 2.73. The summed E-state index contributed by atoms with van der Waals surface area (Å²) < 4.78 is 1.77. The van der Waals surface area contributed by atoms with Crippen molar-refractivity contribution in [1.29, 1.82) is 0 Å². The third-order valence-electron chi connectivity index (χ3n) is 4.01. The van der Waals surface area contributed by atoms with Gasteiger partial charge in [0, 0.05) is 6.04 Å². The summed E-state index contributed by atoms with van der Waals surface area (Å²) in [6.07, 6.45) is 2.64. The standard InChI is InChI=1S/C13H21N5O2/c1-5-13(6-2)11(19)16-12(20)17(13)7-10-14-8-15-18(10)9(3)4/h8-9H,5-7H2,1-4H3,(H,16,19,20). The topological polar surface area (TPSA) is 80.1 Å². The third kappa shape index (κ3) is 2.07. The van der Waals surface area contributed by atoms with Crippen molar-refractivity contribution < 1.29 is 9.59 Å². The molecule has 7 nitrogen and oxygen atoms in total. The minimum Gasteiger partial charge on any atom is -0.302 e. The van der Waals surface area contributed by atoms with E-state index in [4.69, 9.17) is 0 Å². The summed E-state index contributed by atoms with van der Waals surface area (Å²) >= 11 is 0. The Morgan fingerprint density at radius 3 is 2.50 bits per heavy atom. The summed E-state index contributed by atoms with van der Waals surface area (Å²) in [4.78, 5) is 30.0. The molecule has 2 rings (SSSR count). The van der Waals surface area contributed by atoms with E-state index in [1.165, 1.54) is 6.33 Å². The first kappa shape index (κ1) is 14.5. The van der Waals surface area contributed by atoms with Crippen LogP contribution < -0.4 is 5.32 Å². The summed E-state index contributed by atoms with van der Waals surface area (Å²) in [6, 6.07) is -0.191. The molecule has 0 aliphatic carbocycles. The van der Waals surface area contributed by atoms with Gasteiger partial charge in [-0.1, -0.05) is 13.8 Å². The maximum absolute atomic E-state index is 12.1. The lowest BCUT2D eigenvalue weighted by Gasteiger charge is -2.33. The summed E-state index contributed by atoms with van der Waals surface area (Å²) in [5.74, 6) is 0.472. The lowest BCUT2D eigenvalue weighted by Crippen LogP contribution is -2.48. The average Bonchev–Trinajstić information content (AvgIpc) is 2.95. The third-order valence-corrected chi connectivity index (χ3v) is 4.01. The molecule has 0 aromatic carbocycles. The monoisotopic (exact) mass is 279 g/mol. The van der Waals surface area contributed by atoms with Gasteiger partial charge in [0.1, 0.15) is 17.7 Å². The van der Waals surface area contributed by atoms with E-state index >= 15 is 0 Å². The molecule has 0 bridgehead atoms. The fraction of sp³-hybridized carbons (Fsp3) is 0.692. The van der Waals surface area contributed by atoms with Crippen molar-refractivity contribution in [3.05, 3.63) is 12.2 Å². The molecule has 1 aromatic heterocycles. The van der Waals surface area contributed by atoms with Crippen LogP contribution in [0.15, 0.2) is 6.33 Å². The molecule has 0 radical (unpaired) electrons. The van der Waals surface area contributed by atoms with Gasteiger partial charge in [-0.25, -0.2) is 14.5 Å². The molecule has 1 fully saturated rings. The number of amides is 3. The Kier molecular flexibility index (Phi) is 3.78. The van der Waals surface area contributed by atoms with E-state index in [0.717, 1.165) is 0 Å². The van der Waals surface area contributed by atoms with Crippen molar-refractivity contribution in [2.45, 2.75) is 58.7 Å². The molecule has 1 aliphatic rings. The van der Waals surface area contributed by atoms with Crippen molar-refractivity contribution in [1.82, 2.24) is 25.0 Å². The van der Waals surface area contributed by atoms with Gasteiger partial charge in [0.25, 0.3) is 5.91 Å². The van der Waals surface area contributed by atoms with Crippen molar-refractivity contribution in [2.75, 3.05) is 0 Å². The molecular weight excluding hydrogens is 258 g/mol. The summed E-state index contributed by atoms with van der Waals surface area (Å²) in [5, 5.41) is 6.57. The van der Waals surface area contributed by atoms with E-state index in [-0.39, 0.29) is 24.5 Å². The second-order valence-electron chi connectivity index (χ2n) is 5.30. The molecular formula is C13H21N5O2. The van der Waals surface area contributed by atoms with Crippen LogP contribution in [0.25, 0.3) is 0 Å². The van der Waals surface area contributed by atoms with Gasteiger partial charge >= 0.3 is 6.03 Å². The number of hydrogen-bond donors (Lipinski definition) is 1. The molecule has 0 unspecified atom stereocenters. The number of imide groups is 1. The molecule has 1 N–H and O–H groups in total. The van der Waals surface area contributed by atoms with E-state index in [1.54, 1.807) is 9.58 Å². The van der Waals surface area contributed by atoms with Crippen LogP contribution in [-0.2, 0) is 11.3 Å². The van der Waals surface area contributed by atoms with Gasteiger partial charge in [0.15, 0.2) is 0 Å². The molecule has 110 valence electrons. The normalized spacial score (nSPS) is 17.9. The molecule has 0 spiro atoms. The van der Waals surface area contributed by atoms with Crippen LogP contribution in [0.4, 0.5) is 4.79 Å². The molecule has 1 aliphatic heterocycles. The largest absolute Gasteiger partial charge is 0.325 e. The number of nitrogens with one attached hydrogen (secondary N) is 1. The molecule has 1 aromatic rings. The highest BCUT2D eigenvalue weighted by Gasteiger charge is 2.50.